The molecular formula is C20H27N5. The predicted molar refractivity (Wildman–Crippen MR) is 102 cm³/mol. The highest BCUT2D eigenvalue weighted by atomic mass is 15.0. The number of aromatic nitrogens is 3. The number of pyridine rings is 1. The number of imidazole rings is 1. The molecule has 0 radical (unpaired) electrons. The Morgan fingerprint density at radius 3 is 2.68 bits per heavy atom. The van der Waals surface area contributed by atoms with Crippen molar-refractivity contribution in [2.75, 3.05) is 6.54 Å². The quantitative estimate of drug-likeness (QED) is 0.590. The number of nitrogens with two attached hydrogens (primary N) is 1. The van der Waals surface area contributed by atoms with Crippen LogP contribution in [-0.4, -0.2) is 27.5 Å². The van der Waals surface area contributed by atoms with Gasteiger partial charge in [0.2, 0.25) is 0 Å². The van der Waals surface area contributed by atoms with Gasteiger partial charge in [0.15, 0.2) is 0 Å². The van der Waals surface area contributed by atoms with Crippen molar-refractivity contribution in [1.29, 1.82) is 0 Å². The van der Waals surface area contributed by atoms with Crippen molar-refractivity contribution in [2.45, 2.75) is 44.7 Å². The Balaban J connectivity index is 1.77. The first kappa shape index (κ1) is 17.6. The Morgan fingerprint density at radius 2 is 1.96 bits per heavy atom. The standard InChI is InChI=1S/C20H27N5/c1-20(2,18-11-5-6-13-22-18)25-15(8-7-12-21)14-19-23-16-9-3-4-10-17(16)24-19/h3-6,9-11,13,15,25H,7-8,12,14,21H2,1-2H3,(H,23,24). The van der Waals surface area contributed by atoms with Crippen molar-refractivity contribution < 1.29 is 0 Å². The van der Waals surface area contributed by atoms with E-state index in [1.54, 1.807) is 0 Å². The average molecular weight is 337 g/mol. The summed E-state index contributed by atoms with van der Waals surface area (Å²) in [6.45, 7) is 5.04. The Kier molecular flexibility index (Phi) is 5.46. The Morgan fingerprint density at radius 1 is 1.16 bits per heavy atom. The number of hydrogen-bond donors (Lipinski definition) is 3. The van der Waals surface area contributed by atoms with Crippen LogP contribution in [0.4, 0.5) is 0 Å². The summed E-state index contributed by atoms with van der Waals surface area (Å²) in [4.78, 5) is 12.7. The molecule has 0 saturated heterocycles. The molecule has 1 unspecified atom stereocenters. The zero-order valence-corrected chi connectivity index (χ0v) is 15.0. The van der Waals surface area contributed by atoms with Crippen molar-refractivity contribution in [3.05, 3.63) is 60.2 Å². The van der Waals surface area contributed by atoms with Crippen molar-refractivity contribution in [3.63, 3.8) is 0 Å². The monoisotopic (exact) mass is 337 g/mol. The summed E-state index contributed by atoms with van der Waals surface area (Å²) in [5, 5.41) is 3.76. The minimum absolute atomic E-state index is 0.216. The summed E-state index contributed by atoms with van der Waals surface area (Å²) in [6.07, 6.45) is 4.66. The van der Waals surface area contributed by atoms with E-state index in [1.807, 2.05) is 36.5 Å². The second kappa shape index (κ2) is 7.76. The SMILES string of the molecule is CC(C)(NC(CCCN)Cc1nc2ccccc2[nH]1)c1ccccn1. The molecule has 0 aliphatic heterocycles. The molecule has 25 heavy (non-hydrogen) atoms. The van der Waals surface area contributed by atoms with Gasteiger partial charge < -0.3 is 16.0 Å². The average Bonchev–Trinajstić information content (AvgIpc) is 3.02. The molecule has 5 heteroatoms. The lowest BCUT2D eigenvalue weighted by Gasteiger charge is -2.31. The van der Waals surface area contributed by atoms with Crippen LogP contribution in [0.3, 0.4) is 0 Å². The number of rotatable bonds is 8. The van der Waals surface area contributed by atoms with E-state index in [0.29, 0.717) is 6.54 Å². The summed E-state index contributed by atoms with van der Waals surface area (Å²) in [5.41, 5.74) is 8.66. The maximum atomic E-state index is 5.74. The van der Waals surface area contributed by atoms with Crippen LogP contribution in [0.2, 0.25) is 0 Å². The first-order valence-electron chi connectivity index (χ1n) is 8.91. The minimum atomic E-state index is -0.216. The predicted octanol–water partition coefficient (Wildman–Crippen LogP) is 3.13. The Bertz CT molecular complexity index is 761. The third kappa shape index (κ3) is 4.44. The van der Waals surface area contributed by atoms with E-state index in [-0.39, 0.29) is 11.6 Å². The number of H-pyrrole nitrogens is 1. The van der Waals surface area contributed by atoms with Crippen molar-refractivity contribution in [1.82, 2.24) is 20.3 Å². The lowest BCUT2D eigenvalue weighted by atomic mass is 9.96. The number of hydrogen-bond acceptors (Lipinski definition) is 4. The molecule has 3 aromatic rings. The largest absolute Gasteiger partial charge is 0.342 e. The van der Waals surface area contributed by atoms with Gasteiger partial charge in [-0.05, 0) is 57.5 Å². The van der Waals surface area contributed by atoms with E-state index < -0.39 is 0 Å². The third-order valence-corrected chi connectivity index (χ3v) is 4.51. The molecule has 0 amide bonds. The van der Waals surface area contributed by atoms with Gasteiger partial charge >= 0.3 is 0 Å². The molecular weight excluding hydrogens is 310 g/mol. The molecule has 3 rings (SSSR count). The fraction of sp³-hybridized carbons (Fsp3) is 0.400. The third-order valence-electron chi connectivity index (χ3n) is 4.51. The van der Waals surface area contributed by atoms with Gasteiger partial charge in [0.1, 0.15) is 5.82 Å². The van der Waals surface area contributed by atoms with Crippen LogP contribution >= 0.6 is 0 Å². The summed E-state index contributed by atoms with van der Waals surface area (Å²) in [5.74, 6) is 1.01. The Hall–Kier alpha value is -2.24. The van der Waals surface area contributed by atoms with Crippen molar-refractivity contribution in [2.24, 2.45) is 5.73 Å². The van der Waals surface area contributed by atoms with Gasteiger partial charge in [-0.2, -0.15) is 0 Å². The summed E-state index contributed by atoms with van der Waals surface area (Å²) < 4.78 is 0. The van der Waals surface area contributed by atoms with Crippen molar-refractivity contribution in [3.8, 4) is 0 Å². The van der Waals surface area contributed by atoms with Gasteiger partial charge in [-0.3, -0.25) is 4.98 Å². The van der Waals surface area contributed by atoms with E-state index in [1.165, 1.54) is 0 Å². The highest BCUT2D eigenvalue weighted by Crippen LogP contribution is 2.21. The molecule has 0 fully saturated rings. The molecule has 5 nitrogen and oxygen atoms in total. The van der Waals surface area contributed by atoms with Crippen LogP contribution in [0.15, 0.2) is 48.7 Å². The van der Waals surface area contributed by atoms with Gasteiger partial charge in [0.05, 0.1) is 22.3 Å². The molecule has 132 valence electrons. The summed E-state index contributed by atoms with van der Waals surface area (Å²) in [6, 6.07) is 14.5. The lowest BCUT2D eigenvalue weighted by molar-refractivity contribution is 0.314. The van der Waals surface area contributed by atoms with E-state index in [4.69, 9.17) is 10.7 Å². The van der Waals surface area contributed by atoms with Gasteiger partial charge in [0, 0.05) is 18.7 Å². The van der Waals surface area contributed by atoms with E-state index >= 15 is 0 Å². The number of nitrogens with zero attached hydrogens (tertiary/aromatic N) is 2. The number of benzene rings is 1. The van der Waals surface area contributed by atoms with E-state index in [0.717, 1.165) is 41.8 Å². The number of fused-ring (bicyclic) bond motifs is 1. The Labute approximate surface area is 149 Å². The molecule has 1 aromatic carbocycles. The normalized spacial score (nSPS) is 13.2. The van der Waals surface area contributed by atoms with Crippen LogP contribution in [0, 0.1) is 0 Å². The highest BCUT2D eigenvalue weighted by Gasteiger charge is 2.25. The molecule has 0 bridgehead atoms. The van der Waals surface area contributed by atoms with Gasteiger partial charge in [-0.25, -0.2) is 4.98 Å². The zero-order valence-electron chi connectivity index (χ0n) is 15.0. The van der Waals surface area contributed by atoms with Crippen LogP contribution in [0.1, 0.15) is 38.2 Å². The van der Waals surface area contributed by atoms with E-state index in [9.17, 15) is 0 Å². The fourth-order valence-electron chi connectivity index (χ4n) is 3.24. The maximum absolute atomic E-state index is 5.74. The summed E-state index contributed by atoms with van der Waals surface area (Å²) >= 11 is 0. The van der Waals surface area contributed by atoms with Gasteiger partial charge in [0.25, 0.3) is 0 Å². The number of aromatic amines is 1. The molecule has 0 aliphatic rings. The first-order valence-corrected chi connectivity index (χ1v) is 8.91. The first-order chi connectivity index (χ1) is 12.1. The maximum Gasteiger partial charge on any atom is 0.108 e. The van der Waals surface area contributed by atoms with Crippen LogP contribution in [-0.2, 0) is 12.0 Å². The van der Waals surface area contributed by atoms with Crippen LogP contribution < -0.4 is 11.1 Å². The highest BCUT2D eigenvalue weighted by molar-refractivity contribution is 5.74. The van der Waals surface area contributed by atoms with E-state index in [2.05, 4.69) is 41.3 Å². The van der Waals surface area contributed by atoms with Gasteiger partial charge in [-0.15, -0.1) is 0 Å². The minimum Gasteiger partial charge on any atom is -0.342 e. The molecule has 0 saturated carbocycles. The number of nitrogens with one attached hydrogen (secondary N) is 2. The molecule has 2 heterocycles. The fourth-order valence-corrected chi connectivity index (χ4v) is 3.24. The second-order valence-corrected chi connectivity index (χ2v) is 7.02. The van der Waals surface area contributed by atoms with Crippen LogP contribution in [0.5, 0.6) is 0 Å². The van der Waals surface area contributed by atoms with Crippen LogP contribution in [0.25, 0.3) is 11.0 Å². The summed E-state index contributed by atoms with van der Waals surface area (Å²) in [7, 11) is 0. The smallest absolute Gasteiger partial charge is 0.108 e. The van der Waals surface area contributed by atoms with Gasteiger partial charge in [-0.1, -0.05) is 18.2 Å². The lowest BCUT2D eigenvalue weighted by Crippen LogP contribution is -2.45. The van der Waals surface area contributed by atoms with Crippen molar-refractivity contribution >= 4 is 11.0 Å². The molecule has 0 aliphatic carbocycles. The number of para-hydroxylation sites is 2. The topological polar surface area (TPSA) is 79.6 Å². The molecule has 1 atom stereocenters. The second-order valence-electron chi connectivity index (χ2n) is 7.02. The molecule has 0 spiro atoms. The zero-order chi connectivity index (χ0) is 17.7. The molecule has 2 aromatic heterocycles. The molecule has 4 N–H and O–H groups in total.